The summed E-state index contributed by atoms with van der Waals surface area (Å²) in [7, 11) is 0. The fourth-order valence-corrected chi connectivity index (χ4v) is 8.54. The van der Waals surface area contributed by atoms with E-state index in [9.17, 15) is 9.59 Å². The van der Waals surface area contributed by atoms with Crippen LogP contribution < -0.4 is 0 Å². The molecule has 180 valence electrons. The van der Waals surface area contributed by atoms with E-state index in [0.29, 0.717) is 30.1 Å². The minimum Gasteiger partial charge on any atom is -0.462 e. The highest BCUT2D eigenvalue weighted by atomic mass is 16.5. The Hall–Kier alpha value is -1.68. The third-order valence-corrected chi connectivity index (χ3v) is 10.1. The molecule has 0 aliphatic heterocycles. The van der Waals surface area contributed by atoms with Crippen LogP contribution in [-0.4, -0.2) is 24.0 Å². The van der Waals surface area contributed by atoms with Crippen LogP contribution in [0.4, 0.5) is 0 Å². The van der Waals surface area contributed by atoms with Crippen LogP contribution in [0.15, 0.2) is 30.3 Å². The molecule has 4 saturated carbocycles. The van der Waals surface area contributed by atoms with Gasteiger partial charge in [0.25, 0.3) is 0 Å². The van der Waals surface area contributed by atoms with Gasteiger partial charge in [-0.25, -0.2) is 0 Å². The first-order chi connectivity index (χ1) is 15.9. The Bertz CT molecular complexity index is 866. The van der Waals surface area contributed by atoms with Crippen molar-refractivity contribution in [2.75, 3.05) is 0 Å². The Balaban J connectivity index is 1.29. The molecule has 0 radical (unpaired) electrons. The maximum absolute atomic E-state index is 12.7. The summed E-state index contributed by atoms with van der Waals surface area (Å²) in [5.74, 6) is 3.61. The molecule has 0 aromatic heterocycles. The Kier molecular flexibility index (Phi) is 6.41. The first-order valence-corrected chi connectivity index (χ1v) is 13.2. The molecule has 4 nitrogen and oxygen atoms in total. The van der Waals surface area contributed by atoms with Crippen LogP contribution >= 0.6 is 0 Å². The second kappa shape index (κ2) is 9.17. The van der Waals surface area contributed by atoms with Gasteiger partial charge >= 0.3 is 5.97 Å². The average molecular weight is 453 g/mol. The molecule has 0 bridgehead atoms. The van der Waals surface area contributed by atoms with Crippen molar-refractivity contribution < 1.29 is 19.1 Å². The molecular weight excluding hydrogens is 412 g/mol. The number of Topliss-reactive ketones (excluding diaryl/α,β-unsaturated/α-hetero) is 1. The molecular formula is C29H40O4. The van der Waals surface area contributed by atoms with E-state index >= 15 is 0 Å². The number of fused-ring (bicyclic) bond motifs is 5. The number of carbonyl (C=O) groups excluding carboxylic acids is 2. The SMILES string of the molecule is CC(=O)O[C@H]1CCC2C3CCC4CC(OCc5ccccc5)C(C(C)=O)CC4C3CC[C@@]21C. The topological polar surface area (TPSA) is 52.6 Å². The van der Waals surface area contributed by atoms with Crippen LogP contribution in [0.3, 0.4) is 0 Å². The van der Waals surface area contributed by atoms with Crippen LogP contribution in [0, 0.1) is 40.9 Å². The van der Waals surface area contributed by atoms with Crippen molar-refractivity contribution in [1.82, 2.24) is 0 Å². The zero-order valence-corrected chi connectivity index (χ0v) is 20.5. The fourth-order valence-electron chi connectivity index (χ4n) is 8.54. The molecule has 33 heavy (non-hydrogen) atoms. The zero-order chi connectivity index (χ0) is 23.2. The molecule has 1 aromatic rings. The molecule has 0 saturated heterocycles. The molecule has 4 aliphatic rings. The van der Waals surface area contributed by atoms with E-state index in [2.05, 4.69) is 19.1 Å². The summed E-state index contributed by atoms with van der Waals surface area (Å²) < 4.78 is 12.2. The predicted molar refractivity (Wildman–Crippen MR) is 127 cm³/mol. The third-order valence-electron chi connectivity index (χ3n) is 10.1. The summed E-state index contributed by atoms with van der Waals surface area (Å²) >= 11 is 0. The smallest absolute Gasteiger partial charge is 0.302 e. The molecule has 0 heterocycles. The molecule has 0 spiro atoms. The second-order valence-corrected chi connectivity index (χ2v) is 11.7. The summed E-state index contributed by atoms with van der Waals surface area (Å²) in [6.07, 6.45) is 9.28. The lowest BCUT2D eigenvalue weighted by molar-refractivity contribution is -0.159. The van der Waals surface area contributed by atoms with E-state index in [4.69, 9.17) is 9.47 Å². The van der Waals surface area contributed by atoms with Crippen molar-refractivity contribution in [1.29, 1.82) is 0 Å². The van der Waals surface area contributed by atoms with Crippen molar-refractivity contribution in [3.05, 3.63) is 35.9 Å². The number of esters is 1. The first-order valence-electron chi connectivity index (χ1n) is 13.2. The second-order valence-electron chi connectivity index (χ2n) is 11.7. The number of ketones is 1. The molecule has 9 atom stereocenters. The molecule has 1 aromatic carbocycles. The van der Waals surface area contributed by atoms with Gasteiger partial charge in [-0.2, -0.15) is 0 Å². The number of benzene rings is 1. The quantitative estimate of drug-likeness (QED) is 0.516. The molecule has 0 N–H and O–H groups in total. The lowest BCUT2D eigenvalue weighted by atomic mass is 9.49. The summed E-state index contributed by atoms with van der Waals surface area (Å²) in [6.45, 7) is 6.29. The summed E-state index contributed by atoms with van der Waals surface area (Å²) in [6, 6.07) is 10.3. The Morgan fingerprint density at radius 1 is 0.939 bits per heavy atom. The number of hydrogen-bond acceptors (Lipinski definition) is 4. The van der Waals surface area contributed by atoms with Gasteiger partial charge in [0.15, 0.2) is 0 Å². The lowest BCUT2D eigenvalue weighted by Crippen LogP contribution is -2.52. The molecule has 4 heteroatoms. The number of carbonyl (C=O) groups is 2. The van der Waals surface area contributed by atoms with E-state index in [1.807, 2.05) is 18.2 Å². The Morgan fingerprint density at radius 2 is 1.73 bits per heavy atom. The average Bonchev–Trinajstić information content (AvgIpc) is 3.13. The zero-order valence-electron chi connectivity index (χ0n) is 20.5. The predicted octanol–water partition coefficient (Wildman–Crippen LogP) is 5.97. The van der Waals surface area contributed by atoms with Gasteiger partial charge in [0, 0.05) is 18.3 Å². The molecule has 4 aliphatic carbocycles. The monoisotopic (exact) mass is 452 g/mol. The van der Waals surface area contributed by atoms with Crippen molar-refractivity contribution in [3.63, 3.8) is 0 Å². The van der Waals surface area contributed by atoms with E-state index < -0.39 is 0 Å². The first kappa shape index (κ1) is 23.1. The van der Waals surface area contributed by atoms with Crippen LogP contribution in [-0.2, 0) is 25.7 Å². The Morgan fingerprint density at radius 3 is 2.45 bits per heavy atom. The van der Waals surface area contributed by atoms with Crippen molar-refractivity contribution >= 4 is 11.8 Å². The van der Waals surface area contributed by atoms with E-state index in [1.165, 1.54) is 31.2 Å². The normalized spacial score (nSPS) is 42.0. The van der Waals surface area contributed by atoms with Gasteiger partial charge < -0.3 is 9.47 Å². The van der Waals surface area contributed by atoms with Gasteiger partial charge in [-0.05, 0) is 93.4 Å². The minimum atomic E-state index is -0.133. The highest BCUT2D eigenvalue weighted by Gasteiger charge is 2.58. The minimum absolute atomic E-state index is 0.0272. The van der Waals surface area contributed by atoms with E-state index in [0.717, 1.165) is 37.5 Å². The van der Waals surface area contributed by atoms with E-state index in [1.54, 1.807) is 13.8 Å². The van der Waals surface area contributed by atoms with Crippen LogP contribution in [0.1, 0.15) is 77.7 Å². The number of ether oxygens (including phenoxy) is 2. The van der Waals surface area contributed by atoms with Crippen molar-refractivity contribution in [2.45, 2.75) is 91.0 Å². The van der Waals surface area contributed by atoms with Gasteiger partial charge in [0.1, 0.15) is 11.9 Å². The van der Waals surface area contributed by atoms with Crippen molar-refractivity contribution in [3.8, 4) is 0 Å². The van der Waals surface area contributed by atoms with E-state index in [-0.39, 0.29) is 29.5 Å². The molecule has 7 unspecified atom stereocenters. The number of hydrogen-bond donors (Lipinski definition) is 0. The third kappa shape index (κ3) is 4.29. The van der Waals surface area contributed by atoms with Crippen LogP contribution in [0.25, 0.3) is 0 Å². The van der Waals surface area contributed by atoms with Gasteiger partial charge in [0.05, 0.1) is 12.7 Å². The summed E-state index contributed by atoms with van der Waals surface area (Å²) in [5, 5.41) is 0. The highest BCUT2D eigenvalue weighted by molar-refractivity contribution is 5.79. The molecule has 5 rings (SSSR count). The van der Waals surface area contributed by atoms with Gasteiger partial charge in [-0.1, -0.05) is 37.3 Å². The van der Waals surface area contributed by atoms with Gasteiger partial charge in [-0.3, -0.25) is 9.59 Å². The largest absolute Gasteiger partial charge is 0.462 e. The lowest BCUT2D eigenvalue weighted by Gasteiger charge is -2.56. The Labute approximate surface area is 198 Å². The maximum atomic E-state index is 12.7. The number of rotatable bonds is 5. The van der Waals surface area contributed by atoms with Gasteiger partial charge in [0.2, 0.25) is 0 Å². The maximum Gasteiger partial charge on any atom is 0.302 e. The molecule has 4 fully saturated rings. The summed E-state index contributed by atoms with van der Waals surface area (Å²) in [4.78, 5) is 24.4. The summed E-state index contributed by atoms with van der Waals surface area (Å²) in [5.41, 5.74) is 1.32. The van der Waals surface area contributed by atoms with Crippen LogP contribution in [0.2, 0.25) is 0 Å². The van der Waals surface area contributed by atoms with Crippen LogP contribution in [0.5, 0.6) is 0 Å². The highest BCUT2D eigenvalue weighted by Crippen LogP contribution is 2.63. The fraction of sp³-hybridized carbons (Fsp3) is 0.724. The van der Waals surface area contributed by atoms with Gasteiger partial charge in [-0.15, -0.1) is 0 Å². The standard InChI is InChI=1S/C29H40O4/c1-18(30)24-16-25-21(15-27(24)32-17-20-7-5-4-6-8-20)9-10-23-22(25)13-14-29(3)26(23)11-12-28(29)33-19(2)31/h4-8,21-28H,9-17H2,1-3H3/t21?,22?,23?,24?,25?,26?,27?,28-,29-/m0/s1. The molecule has 0 amide bonds. The van der Waals surface area contributed by atoms with Crippen molar-refractivity contribution in [2.24, 2.45) is 40.9 Å².